The Bertz CT molecular complexity index is 660. The van der Waals surface area contributed by atoms with E-state index in [-0.39, 0.29) is 6.10 Å². The van der Waals surface area contributed by atoms with Crippen molar-refractivity contribution in [3.63, 3.8) is 0 Å². The lowest BCUT2D eigenvalue weighted by Crippen LogP contribution is -2.43. The molecule has 22 heavy (non-hydrogen) atoms. The fraction of sp³-hybridized carbons (Fsp3) is 0.471. The standard InChI is InChI=1S/C17H23N3O2/c1-12-9-18-17-14(5-4-6-15(17)21-3)16(12)19-10-13-11-20(2)7-8-22-13/h4-6,9,13H,7-8,10-11H2,1-3H3,(H,18,19). The molecule has 1 unspecified atom stereocenters. The zero-order valence-corrected chi connectivity index (χ0v) is 13.4. The predicted molar refractivity (Wildman–Crippen MR) is 88.8 cm³/mol. The summed E-state index contributed by atoms with van der Waals surface area (Å²) in [7, 11) is 3.81. The van der Waals surface area contributed by atoms with Gasteiger partial charge in [0.05, 0.1) is 19.8 Å². The Morgan fingerprint density at radius 3 is 3.09 bits per heavy atom. The van der Waals surface area contributed by atoms with Gasteiger partial charge in [0.25, 0.3) is 0 Å². The number of fused-ring (bicyclic) bond motifs is 1. The first-order valence-electron chi connectivity index (χ1n) is 7.65. The van der Waals surface area contributed by atoms with Crippen molar-refractivity contribution in [2.75, 3.05) is 45.7 Å². The Labute approximate surface area is 131 Å². The molecule has 118 valence electrons. The van der Waals surface area contributed by atoms with Gasteiger partial charge in [-0.3, -0.25) is 4.98 Å². The van der Waals surface area contributed by atoms with E-state index in [0.29, 0.717) is 0 Å². The van der Waals surface area contributed by atoms with Crippen molar-refractivity contribution in [2.45, 2.75) is 13.0 Å². The molecule has 1 N–H and O–H groups in total. The van der Waals surface area contributed by atoms with E-state index in [2.05, 4.69) is 35.2 Å². The Morgan fingerprint density at radius 1 is 1.45 bits per heavy atom. The molecule has 1 atom stereocenters. The largest absolute Gasteiger partial charge is 0.494 e. The number of ether oxygens (including phenoxy) is 2. The van der Waals surface area contributed by atoms with Crippen LogP contribution in [0.4, 0.5) is 5.69 Å². The van der Waals surface area contributed by atoms with Gasteiger partial charge in [0, 0.05) is 36.9 Å². The van der Waals surface area contributed by atoms with Crippen LogP contribution in [0.1, 0.15) is 5.56 Å². The summed E-state index contributed by atoms with van der Waals surface area (Å²) in [5.74, 6) is 0.800. The van der Waals surface area contributed by atoms with Crippen LogP contribution in [0.3, 0.4) is 0 Å². The van der Waals surface area contributed by atoms with Crippen molar-refractivity contribution < 1.29 is 9.47 Å². The number of para-hydroxylation sites is 1. The van der Waals surface area contributed by atoms with Crippen LogP contribution >= 0.6 is 0 Å². The third-order valence-corrected chi connectivity index (χ3v) is 4.12. The lowest BCUT2D eigenvalue weighted by molar-refractivity contribution is -0.0117. The summed E-state index contributed by atoms with van der Waals surface area (Å²) in [4.78, 5) is 6.82. The van der Waals surface area contributed by atoms with E-state index in [4.69, 9.17) is 9.47 Å². The average molecular weight is 301 g/mol. The summed E-state index contributed by atoms with van der Waals surface area (Å²) in [6.45, 7) is 5.62. The van der Waals surface area contributed by atoms with Crippen molar-refractivity contribution in [3.05, 3.63) is 30.0 Å². The van der Waals surface area contributed by atoms with Gasteiger partial charge in [0.15, 0.2) is 0 Å². The number of likely N-dealkylation sites (N-methyl/N-ethyl adjacent to an activating group) is 1. The average Bonchev–Trinajstić information content (AvgIpc) is 2.53. The molecule has 3 rings (SSSR count). The molecule has 1 aromatic heterocycles. The van der Waals surface area contributed by atoms with Gasteiger partial charge in [-0.25, -0.2) is 0 Å². The molecule has 1 saturated heterocycles. The van der Waals surface area contributed by atoms with Crippen LogP contribution in [0, 0.1) is 6.92 Å². The van der Waals surface area contributed by atoms with E-state index in [1.165, 1.54) is 0 Å². The Morgan fingerprint density at radius 2 is 2.32 bits per heavy atom. The molecule has 0 spiro atoms. The van der Waals surface area contributed by atoms with E-state index in [9.17, 15) is 0 Å². The summed E-state index contributed by atoms with van der Waals surface area (Å²) in [6.07, 6.45) is 2.10. The molecule has 0 radical (unpaired) electrons. The number of pyridine rings is 1. The van der Waals surface area contributed by atoms with E-state index in [0.717, 1.165) is 54.1 Å². The van der Waals surface area contributed by atoms with Gasteiger partial charge in [-0.15, -0.1) is 0 Å². The molecule has 2 aromatic rings. The molecule has 5 nitrogen and oxygen atoms in total. The minimum absolute atomic E-state index is 0.215. The van der Waals surface area contributed by atoms with Gasteiger partial charge in [0.2, 0.25) is 0 Å². The molecule has 1 aromatic carbocycles. The number of hydrogen-bond donors (Lipinski definition) is 1. The number of aromatic nitrogens is 1. The summed E-state index contributed by atoms with van der Waals surface area (Å²) >= 11 is 0. The third-order valence-electron chi connectivity index (χ3n) is 4.12. The smallest absolute Gasteiger partial charge is 0.145 e. The fourth-order valence-corrected chi connectivity index (χ4v) is 2.90. The number of rotatable bonds is 4. The van der Waals surface area contributed by atoms with Gasteiger partial charge in [-0.1, -0.05) is 12.1 Å². The van der Waals surface area contributed by atoms with Gasteiger partial charge in [-0.05, 0) is 25.6 Å². The number of aryl methyl sites for hydroxylation is 1. The van der Waals surface area contributed by atoms with Crippen LogP contribution in [0.5, 0.6) is 5.75 Å². The van der Waals surface area contributed by atoms with Crippen LogP contribution in [0.15, 0.2) is 24.4 Å². The fourth-order valence-electron chi connectivity index (χ4n) is 2.90. The molecule has 2 heterocycles. The van der Waals surface area contributed by atoms with Gasteiger partial charge < -0.3 is 19.7 Å². The number of hydrogen-bond acceptors (Lipinski definition) is 5. The SMILES string of the molecule is COc1cccc2c(NCC3CN(C)CCO3)c(C)cnc12. The first kappa shape index (κ1) is 15.1. The highest BCUT2D eigenvalue weighted by atomic mass is 16.5. The normalized spacial score (nSPS) is 19.3. The number of nitrogens with zero attached hydrogens (tertiary/aromatic N) is 2. The maximum Gasteiger partial charge on any atom is 0.145 e. The van der Waals surface area contributed by atoms with E-state index in [1.807, 2.05) is 18.3 Å². The zero-order valence-electron chi connectivity index (χ0n) is 13.4. The van der Waals surface area contributed by atoms with Gasteiger partial charge in [0.1, 0.15) is 11.3 Å². The number of nitrogens with one attached hydrogen (secondary N) is 1. The summed E-state index contributed by atoms with van der Waals surface area (Å²) < 4.78 is 11.2. The molecular weight excluding hydrogens is 278 g/mol. The second-order valence-electron chi connectivity index (χ2n) is 5.81. The van der Waals surface area contributed by atoms with Crippen molar-refractivity contribution in [3.8, 4) is 5.75 Å². The number of anilines is 1. The van der Waals surface area contributed by atoms with Crippen LogP contribution < -0.4 is 10.1 Å². The second kappa shape index (κ2) is 6.50. The van der Waals surface area contributed by atoms with Crippen molar-refractivity contribution in [2.24, 2.45) is 0 Å². The molecular formula is C17H23N3O2. The first-order chi connectivity index (χ1) is 10.7. The highest BCUT2D eigenvalue weighted by molar-refractivity contribution is 5.96. The first-order valence-corrected chi connectivity index (χ1v) is 7.65. The third kappa shape index (κ3) is 3.00. The van der Waals surface area contributed by atoms with E-state index in [1.54, 1.807) is 7.11 Å². The molecule has 5 heteroatoms. The zero-order chi connectivity index (χ0) is 15.5. The molecule has 0 amide bonds. The number of methoxy groups -OCH3 is 1. The summed E-state index contributed by atoms with van der Waals surface area (Å²) in [5.41, 5.74) is 3.13. The van der Waals surface area contributed by atoms with Gasteiger partial charge >= 0.3 is 0 Å². The minimum atomic E-state index is 0.215. The Balaban J connectivity index is 1.85. The van der Waals surface area contributed by atoms with Gasteiger partial charge in [-0.2, -0.15) is 0 Å². The maximum atomic E-state index is 5.82. The lowest BCUT2D eigenvalue weighted by Gasteiger charge is -2.30. The van der Waals surface area contributed by atoms with Crippen molar-refractivity contribution in [1.82, 2.24) is 9.88 Å². The van der Waals surface area contributed by atoms with Crippen LogP contribution in [-0.2, 0) is 4.74 Å². The maximum absolute atomic E-state index is 5.82. The Kier molecular flexibility index (Phi) is 4.45. The molecule has 0 aliphatic carbocycles. The molecule has 0 saturated carbocycles. The number of benzene rings is 1. The number of morpholine rings is 1. The van der Waals surface area contributed by atoms with E-state index < -0.39 is 0 Å². The molecule has 1 aliphatic heterocycles. The molecule has 1 fully saturated rings. The highest BCUT2D eigenvalue weighted by Crippen LogP contribution is 2.31. The second-order valence-corrected chi connectivity index (χ2v) is 5.81. The van der Waals surface area contributed by atoms with Crippen LogP contribution in [0.2, 0.25) is 0 Å². The quantitative estimate of drug-likeness (QED) is 0.939. The minimum Gasteiger partial charge on any atom is -0.494 e. The topological polar surface area (TPSA) is 46.6 Å². The van der Waals surface area contributed by atoms with Crippen molar-refractivity contribution >= 4 is 16.6 Å². The molecule has 0 bridgehead atoms. The monoisotopic (exact) mass is 301 g/mol. The molecule has 1 aliphatic rings. The lowest BCUT2D eigenvalue weighted by atomic mass is 10.1. The van der Waals surface area contributed by atoms with Crippen LogP contribution in [0.25, 0.3) is 10.9 Å². The van der Waals surface area contributed by atoms with Crippen molar-refractivity contribution in [1.29, 1.82) is 0 Å². The predicted octanol–water partition coefficient (Wildman–Crippen LogP) is 2.29. The Hall–Kier alpha value is -1.85. The van der Waals surface area contributed by atoms with E-state index >= 15 is 0 Å². The summed E-state index contributed by atoms with van der Waals surface area (Å²) in [5, 5.41) is 4.64. The van der Waals surface area contributed by atoms with Crippen LogP contribution in [-0.4, -0.2) is 56.4 Å². The highest BCUT2D eigenvalue weighted by Gasteiger charge is 2.18. The summed E-state index contributed by atoms with van der Waals surface area (Å²) in [6, 6.07) is 6.01.